The molecule has 1 aliphatic rings. The van der Waals surface area contributed by atoms with Gasteiger partial charge in [0.05, 0.1) is 12.0 Å². The van der Waals surface area contributed by atoms with E-state index in [1.54, 1.807) is 13.1 Å². The molecule has 28 heavy (non-hydrogen) atoms. The number of aliphatic hydroxyl groups excluding tert-OH is 1. The van der Waals surface area contributed by atoms with Crippen molar-refractivity contribution in [2.45, 2.75) is 26.5 Å². The molecule has 4 rings (SSSR count). The molecule has 1 aromatic carbocycles. The molecule has 1 aliphatic heterocycles. The molecule has 0 bridgehead atoms. The van der Waals surface area contributed by atoms with Gasteiger partial charge in [0.1, 0.15) is 17.6 Å². The number of aromatic nitrogens is 3. The van der Waals surface area contributed by atoms with E-state index in [1.807, 2.05) is 41.1 Å². The Morgan fingerprint density at radius 3 is 2.71 bits per heavy atom. The largest absolute Gasteiger partial charge is 0.385 e. The molecule has 6 heteroatoms. The van der Waals surface area contributed by atoms with Crippen molar-refractivity contribution in [3.05, 3.63) is 59.8 Å². The molecule has 144 valence electrons. The molecule has 0 spiro atoms. The first kappa shape index (κ1) is 18.5. The van der Waals surface area contributed by atoms with Crippen LogP contribution in [0.5, 0.6) is 0 Å². The van der Waals surface area contributed by atoms with Crippen LogP contribution in [0.1, 0.15) is 37.0 Å². The Kier molecular flexibility index (Phi) is 4.80. The Labute approximate surface area is 164 Å². The highest BCUT2D eigenvalue weighted by atomic mass is 16.5. The smallest absolute Gasteiger partial charge is 0.167 e. The Hall–Kier alpha value is -2.88. The number of aliphatic hydroxyl groups is 1. The zero-order chi connectivity index (χ0) is 19.7. The van der Waals surface area contributed by atoms with Crippen LogP contribution < -0.4 is 0 Å². The Bertz CT molecular complexity index is 1010. The average Bonchev–Trinajstić information content (AvgIpc) is 3.29. The van der Waals surface area contributed by atoms with Crippen LogP contribution in [0.2, 0.25) is 0 Å². The maximum absolute atomic E-state index is 9.77. The van der Waals surface area contributed by atoms with Gasteiger partial charge in [-0.25, -0.2) is 4.98 Å². The molecule has 0 amide bonds. The summed E-state index contributed by atoms with van der Waals surface area (Å²) in [5, 5.41) is 13.9. The molecule has 3 heterocycles. The summed E-state index contributed by atoms with van der Waals surface area (Å²) in [5.41, 5.74) is 2.84. The molecule has 0 saturated carbocycles. The van der Waals surface area contributed by atoms with Crippen molar-refractivity contribution in [3.63, 3.8) is 0 Å². The molecule has 2 aromatic heterocycles. The van der Waals surface area contributed by atoms with Gasteiger partial charge in [-0.1, -0.05) is 17.0 Å². The molecule has 0 aliphatic carbocycles. The van der Waals surface area contributed by atoms with Crippen LogP contribution in [0.4, 0.5) is 0 Å². The highest BCUT2D eigenvalue weighted by Crippen LogP contribution is 2.27. The fourth-order valence-corrected chi connectivity index (χ4v) is 3.68. The van der Waals surface area contributed by atoms with Crippen molar-refractivity contribution >= 4 is 0 Å². The summed E-state index contributed by atoms with van der Waals surface area (Å²) >= 11 is 0. The fourth-order valence-electron chi connectivity index (χ4n) is 3.68. The van der Waals surface area contributed by atoms with Gasteiger partial charge in [-0.05, 0) is 45.2 Å². The van der Waals surface area contributed by atoms with Gasteiger partial charge in [-0.2, -0.15) is 0 Å². The van der Waals surface area contributed by atoms with E-state index in [9.17, 15) is 5.11 Å². The number of hydrogen-bond donors (Lipinski definition) is 1. The van der Waals surface area contributed by atoms with E-state index in [0.717, 1.165) is 29.9 Å². The van der Waals surface area contributed by atoms with Crippen molar-refractivity contribution < 1.29 is 9.63 Å². The van der Waals surface area contributed by atoms with Gasteiger partial charge in [-0.15, -0.1) is 0 Å². The molecule has 0 radical (unpaired) electrons. The Morgan fingerprint density at radius 1 is 1.29 bits per heavy atom. The second-order valence-electron chi connectivity index (χ2n) is 7.83. The minimum Gasteiger partial charge on any atom is -0.385 e. The normalized spacial score (nSPS) is 16.9. The van der Waals surface area contributed by atoms with Crippen LogP contribution in [0.15, 0.2) is 47.2 Å². The number of imidazole rings is 1. The Morgan fingerprint density at radius 2 is 2.04 bits per heavy atom. The molecular formula is C22H24N4O2. The van der Waals surface area contributed by atoms with Crippen LogP contribution >= 0.6 is 0 Å². The van der Waals surface area contributed by atoms with Gasteiger partial charge in [-0.3, -0.25) is 0 Å². The van der Waals surface area contributed by atoms with Gasteiger partial charge < -0.3 is 19.1 Å². The van der Waals surface area contributed by atoms with E-state index in [-0.39, 0.29) is 5.41 Å². The number of rotatable bonds is 4. The minimum absolute atomic E-state index is 0.103. The molecule has 1 N–H and O–H groups in total. The van der Waals surface area contributed by atoms with Crippen LogP contribution in [0.25, 0.3) is 11.3 Å². The zero-order valence-electron chi connectivity index (χ0n) is 16.4. The quantitative estimate of drug-likeness (QED) is 0.709. The summed E-state index contributed by atoms with van der Waals surface area (Å²) in [6.45, 7) is 6.44. The van der Waals surface area contributed by atoms with E-state index in [2.05, 4.69) is 40.9 Å². The summed E-state index contributed by atoms with van der Waals surface area (Å²) in [4.78, 5) is 6.45. The second kappa shape index (κ2) is 7.27. The number of hydrogen-bond acceptors (Lipinski definition) is 5. The number of likely N-dealkylation sites (tertiary alicyclic amines) is 1. The van der Waals surface area contributed by atoms with Crippen LogP contribution in [-0.2, 0) is 6.54 Å². The van der Waals surface area contributed by atoms with Gasteiger partial charge in [0.2, 0.25) is 0 Å². The second-order valence-corrected chi connectivity index (χ2v) is 7.83. The summed E-state index contributed by atoms with van der Waals surface area (Å²) in [7, 11) is 2.11. The first-order valence-corrected chi connectivity index (χ1v) is 9.39. The third kappa shape index (κ3) is 3.86. The topological polar surface area (TPSA) is 67.3 Å². The molecule has 3 aromatic rings. The van der Waals surface area contributed by atoms with Crippen LogP contribution in [0, 0.1) is 17.3 Å². The maximum Gasteiger partial charge on any atom is 0.167 e. The van der Waals surface area contributed by atoms with E-state index in [4.69, 9.17) is 4.52 Å². The lowest BCUT2D eigenvalue weighted by atomic mass is 9.83. The SMILES string of the molecule is CC(O)c1nccn1Cc1cc(-c2ccc(C#CC3(C)CN(C)C3)cc2)on1. The highest BCUT2D eigenvalue weighted by molar-refractivity contribution is 5.59. The van der Waals surface area contributed by atoms with Crippen molar-refractivity contribution in [2.75, 3.05) is 20.1 Å². The van der Waals surface area contributed by atoms with E-state index < -0.39 is 6.10 Å². The van der Waals surface area contributed by atoms with Crippen LogP contribution in [-0.4, -0.2) is 44.9 Å². The molecule has 1 saturated heterocycles. The minimum atomic E-state index is -0.627. The summed E-state index contributed by atoms with van der Waals surface area (Å²) < 4.78 is 7.37. The molecule has 1 unspecified atom stereocenters. The van der Waals surface area contributed by atoms with Crippen molar-refractivity contribution in [1.29, 1.82) is 0 Å². The van der Waals surface area contributed by atoms with Crippen molar-refractivity contribution in [3.8, 4) is 23.2 Å². The lowest BCUT2D eigenvalue weighted by Crippen LogP contribution is -2.51. The summed E-state index contributed by atoms with van der Waals surface area (Å²) in [5.74, 6) is 7.99. The lowest BCUT2D eigenvalue weighted by Gasteiger charge is -2.42. The zero-order valence-corrected chi connectivity index (χ0v) is 16.4. The van der Waals surface area contributed by atoms with Crippen molar-refractivity contribution in [1.82, 2.24) is 19.6 Å². The van der Waals surface area contributed by atoms with E-state index >= 15 is 0 Å². The lowest BCUT2D eigenvalue weighted by molar-refractivity contribution is 0.0916. The van der Waals surface area contributed by atoms with Crippen LogP contribution in [0.3, 0.4) is 0 Å². The molecule has 1 fully saturated rings. The number of benzene rings is 1. The van der Waals surface area contributed by atoms with Gasteiger partial charge >= 0.3 is 0 Å². The van der Waals surface area contributed by atoms with E-state index in [0.29, 0.717) is 18.1 Å². The highest BCUT2D eigenvalue weighted by Gasteiger charge is 2.34. The predicted octanol–water partition coefficient (Wildman–Crippen LogP) is 2.94. The Balaban J connectivity index is 1.45. The molecule has 1 atom stereocenters. The summed E-state index contributed by atoms with van der Waals surface area (Å²) in [6.07, 6.45) is 2.87. The average molecular weight is 376 g/mol. The summed E-state index contributed by atoms with van der Waals surface area (Å²) in [6, 6.07) is 9.94. The third-order valence-corrected chi connectivity index (χ3v) is 4.93. The fraction of sp³-hybridized carbons (Fsp3) is 0.364. The van der Waals surface area contributed by atoms with Crippen molar-refractivity contribution in [2.24, 2.45) is 5.41 Å². The van der Waals surface area contributed by atoms with Gasteiger partial charge in [0, 0.05) is 42.7 Å². The van der Waals surface area contributed by atoms with E-state index in [1.165, 1.54) is 0 Å². The monoisotopic (exact) mass is 376 g/mol. The first-order chi connectivity index (χ1) is 13.4. The molecule has 6 nitrogen and oxygen atoms in total. The van der Waals surface area contributed by atoms with Gasteiger partial charge in [0.25, 0.3) is 0 Å². The number of nitrogens with zero attached hydrogens (tertiary/aromatic N) is 4. The predicted molar refractivity (Wildman–Crippen MR) is 106 cm³/mol. The third-order valence-electron chi connectivity index (χ3n) is 4.93. The standard InChI is InChI=1S/C22H24N4O2/c1-16(27)21-23-10-11-26(21)13-19-12-20(28-24-19)18-6-4-17(5-7-18)8-9-22(2)14-25(3)15-22/h4-7,10-12,16,27H,13-15H2,1-3H3. The maximum atomic E-state index is 9.77. The van der Waals surface area contributed by atoms with Gasteiger partial charge in [0.15, 0.2) is 5.76 Å². The molecular weight excluding hydrogens is 352 g/mol. The first-order valence-electron chi connectivity index (χ1n) is 9.39.